The molecule has 1 unspecified atom stereocenters. The fourth-order valence-electron chi connectivity index (χ4n) is 2.62. The number of phenolic OH excluding ortho intramolecular Hbond substituents is 1. The Morgan fingerprint density at radius 3 is 2.76 bits per heavy atom. The SMILES string of the molecule is O=C(O)C1CN(C2CC2)Cc2c(O)cccc21. The summed E-state index contributed by atoms with van der Waals surface area (Å²) in [6.07, 6.45) is 2.30. The summed E-state index contributed by atoms with van der Waals surface area (Å²) in [6, 6.07) is 5.69. The molecule has 90 valence electrons. The van der Waals surface area contributed by atoms with Gasteiger partial charge in [-0.3, -0.25) is 9.69 Å². The minimum atomic E-state index is -0.804. The monoisotopic (exact) mass is 233 g/mol. The Morgan fingerprint density at radius 2 is 2.12 bits per heavy atom. The minimum Gasteiger partial charge on any atom is -0.508 e. The second-order valence-corrected chi connectivity index (χ2v) is 4.90. The molecule has 0 spiro atoms. The van der Waals surface area contributed by atoms with Crippen LogP contribution in [0.25, 0.3) is 0 Å². The van der Waals surface area contributed by atoms with Crippen LogP contribution < -0.4 is 0 Å². The van der Waals surface area contributed by atoms with Crippen molar-refractivity contribution < 1.29 is 15.0 Å². The quantitative estimate of drug-likeness (QED) is 0.813. The van der Waals surface area contributed by atoms with Gasteiger partial charge in [0.1, 0.15) is 5.75 Å². The van der Waals surface area contributed by atoms with Crippen molar-refractivity contribution in [1.29, 1.82) is 0 Å². The third kappa shape index (κ3) is 1.78. The summed E-state index contributed by atoms with van der Waals surface area (Å²) in [5.41, 5.74) is 1.56. The zero-order chi connectivity index (χ0) is 12.0. The maximum atomic E-state index is 11.3. The van der Waals surface area contributed by atoms with Gasteiger partial charge in [0, 0.05) is 24.7 Å². The lowest BCUT2D eigenvalue weighted by atomic mass is 9.89. The smallest absolute Gasteiger partial charge is 0.312 e. The normalized spacial score (nSPS) is 24.4. The van der Waals surface area contributed by atoms with Crippen LogP contribution in [-0.2, 0) is 11.3 Å². The molecular weight excluding hydrogens is 218 g/mol. The first kappa shape index (κ1) is 10.6. The Bertz CT molecular complexity index is 468. The van der Waals surface area contributed by atoms with E-state index in [1.54, 1.807) is 12.1 Å². The number of hydrogen-bond acceptors (Lipinski definition) is 3. The molecule has 17 heavy (non-hydrogen) atoms. The van der Waals surface area contributed by atoms with Crippen molar-refractivity contribution in [2.24, 2.45) is 0 Å². The topological polar surface area (TPSA) is 60.8 Å². The molecule has 1 aliphatic carbocycles. The van der Waals surface area contributed by atoms with Crippen LogP contribution in [0.5, 0.6) is 5.75 Å². The summed E-state index contributed by atoms with van der Waals surface area (Å²) in [5.74, 6) is -1.09. The molecule has 1 heterocycles. The highest BCUT2D eigenvalue weighted by molar-refractivity contribution is 5.78. The molecule has 1 aromatic rings. The summed E-state index contributed by atoms with van der Waals surface area (Å²) < 4.78 is 0. The van der Waals surface area contributed by atoms with E-state index in [1.165, 1.54) is 0 Å². The Morgan fingerprint density at radius 1 is 1.35 bits per heavy atom. The standard InChI is InChI=1S/C13H15NO3/c15-12-3-1-2-9-10(12)6-14(8-4-5-8)7-11(9)13(16)17/h1-3,8,11,15H,4-7H2,(H,16,17). The number of nitrogens with zero attached hydrogens (tertiary/aromatic N) is 1. The molecule has 4 nitrogen and oxygen atoms in total. The number of phenols is 1. The van der Waals surface area contributed by atoms with Gasteiger partial charge in [0.25, 0.3) is 0 Å². The number of carboxylic acid groups (broad SMARTS) is 1. The second kappa shape index (κ2) is 3.74. The van der Waals surface area contributed by atoms with E-state index in [9.17, 15) is 15.0 Å². The van der Waals surface area contributed by atoms with E-state index in [4.69, 9.17) is 0 Å². The average molecular weight is 233 g/mol. The maximum absolute atomic E-state index is 11.3. The number of aromatic hydroxyl groups is 1. The highest BCUT2D eigenvalue weighted by atomic mass is 16.4. The fraction of sp³-hybridized carbons (Fsp3) is 0.462. The third-order valence-electron chi connectivity index (χ3n) is 3.70. The molecule has 1 saturated carbocycles. The third-order valence-corrected chi connectivity index (χ3v) is 3.70. The predicted octanol–water partition coefficient (Wildman–Crippen LogP) is 1.54. The molecule has 2 N–H and O–H groups in total. The average Bonchev–Trinajstić information content (AvgIpc) is 3.12. The summed E-state index contributed by atoms with van der Waals surface area (Å²) in [7, 11) is 0. The van der Waals surface area contributed by atoms with Crippen molar-refractivity contribution in [3.05, 3.63) is 29.3 Å². The molecule has 0 bridgehead atoms. The number of rotatable bonds is 2. The van der Waals surface area contributed by atoms with Gasteiger partial charge >= 0.3 is 5.97 Å². The van der Waals surface area contributed by atoms with E-state index in [1.807, 2.05) is 6.07 Å². The van der Waals surface area contributed by atoms with Crippen LogP contribution in [0.4, 0.5) is 0 Å². The van der Waals surface area contributed by atoms with Crippen molar-refractivity contribution >= 4 is 5.97 Å². The second-order valence-electron chi connectivity index (χ2n) is 4.90. The van der Waals surface area contributed by atoms with Crippen molar-refractivity contribution in [3.8, 4) is 5.75 Å². The lowest BCUT2D eigenvalue weighted by Crippen LogP contribution is -2.38. The van der Waals surface area contributed by atoms with Gasteiger partial charge in [0.15, 0.2) is 0 Å². The molecule has 2 aliphatic rings. The van der Waals surface area contributed by atoms with E-state index >= 15 is 0 Å². The van der Waals surface area contributed by atoms with Gasteiger partial charge < -0.3 is 10.2 Å². The van der Waals surface area contributed by atoms with Crippen LogP contribution in [0.1, 0.15) is 29.9 Å². The Labute approximate surface area is 99.5 Å². The molecule has 3 rings (SSSR count). The predicted molar refractivity (Wildman–Crippen MR) is 61.9 cm³/mol. The van der Waals surface area contributed by atoms with Gasteiger partial charge in [0.2, 0.25) is 0 Å². The van der Waals surface area contributed by atoms with E-state index in [2.05, 4.69) is 4.90 Å². The molecule has 0 amide bonds. The molecule has 1 aliphatic heterocycles. The van der Waals surface area contributed by atoms with E-state index in [0.29, 0.717) is 19.1 Å². The van der Waals surface area contributed by atoms with Gasteiger partial charge in [-0.1, -0.05) is 12.1 Å². The lowest BCUT2D eigenvalue weighted by molar-refractivity contribution is -0.139. The molecule has 1 atom stereocenters. The molecule has 4 heteroatoms. The molecule has 0 aromatic heterocycles. The number of carbonyl (C=O) groups is 1. The largest absolute Gasteiger partial charge is 0.508 e. The number of carboxylic acids is 1. The summed E-state index contributed by atoms with van der Waals surface area (Å²) in [6.45, 7) is 1.24. The number of benzene rings is 1. The maximum Gasteiger partial charge on any atom is 0.312 e. The first-order valence-electron chi connectivity index (χ1n) is 5.94. The van der Waals surface area contributed by atoms with Gasteiger partial charge in [-0.15, -0.1) is 0 Å². The number of aliphatic carboxylic acids is 1. The fourth-order valence-corrected chi connectivity index (χ4v) is 2.62. The van der Waals surface area contributed by atoms with Crippen LogP contribution >= 0.6 is 0 Å². The van der Waals surface area contributed by atoms with Gasteiger partial charge in [-0.25, -0.2) is 0 Å². The van der Waals surface area contributed by atoms with Gasteiger partial charge in [-0.2, -0.15) is 0 Å². The minimum absolute atomic E-state index is 0.221. The summed E-state index contributed by atoms with van der Waals surface area (Å²) in [5, 5.41) is 19.1. The zero-order valence-electron chi connectivity index (χ0n) is 9.47. The Balaban J connectivity index is 2.02. The molecule has 1 aromatic carbocycles. The highest BCUT2D eigenvalue weighted by Crippen LogP contribution is 2.38. The molecule has 1 fully saturated rings. The highest BCUT2D eigenvalue weighted by Gasteiger charge is 2.38. The first-order chi connectivity index (χ1) is 8.16. The van der Waals surface area contributed by atoms with E-state index < -0.39 is 11.9 Å². The zero-order valence-corrected chi connectivity index (χ0v) is 9.47. The van der Waals surface area contributed by atoms with E-state index in [-0.39, 0.29) is 5.75 Å². The van der Waals surface area contributed by atoms with Crippen molar-refractivity contribution in [2.75, 3.05) is 6.54 Å². The summed E-state index contributed by atoms with van der Waals surface area (Å²) >= 11 is 0. The molecular formula is C13H15NO3. The van der Waals surface area contributed by atoms with Crippen LogP contribution in [0.2, 0.25) is 0 Å². The van der Waals surface area contributed by atoms with Crippen molar-refractivity contribution in [3.63, 3.8) is 0 Å². The van der Waals surface area contributed by atoms with Crippen LogP contribution in [0.15, 0.2) is 18.2 Å². The van der Waals surface area contributed by atoms with Gasteiger partial charge in [0.05, 0.1) is 5.92 Å². The molecule has 0 saturated heterocycles. The van der Waals surface area contributed by atoms with Crippen LogP contribution in [-0.4, -0.2) is 33.7 Å². The lowest BCUT2D eigenvalue weighted by Gasteiger charge is -2.33. The van der Waals surface area contributed by atoms with Crippen LogP contribution in [0, 0.1) is 0 Å². The van der Waals surface area contributed by atoms with Crippen molar-refractivity contribution in [2.45, 2.75) is 31.3 Å². The summed E-state index contributed by atoms with van der Waals surface area (Å²) in [4.78, 5) is 13.5. The van der Waals surface area contributed by atoms with E-state index in [0.717, 1.165) is 24.0 Å². The van der Waals surface area contributed by atoms with Crippen molar-refractivity contribution in [1.82, 2.24) is 4.90 Å². The number of hydrogen-bond donors (Lipinski definition) is 2. The first-order valence-corrected chi connectivity index (χ1v) is 5.94. The Hall–Kier alpha value is -1.55. The Kier molecular flexibility index (Phi) is 2.33. The van der Waals surface area contributed by atoms with Gasteiger partial charge in [-0.05, 0) is 24.5 Å². The number of fused-ring (bicyclic) bond motifs is 1. The molecule has 0 radical (unpaired) electrons. The van der Waals surface area contributed by atoms with Crippen LogP contribution in [0.3, 0.4) is 0 Å².